The zero-order valence-corrected chi connectivity index (χ0v) is 14.4. The van der Waals surface area contributed by atoms with Crippen molar-refractivity contribution in [2.75, 3.05) is 20.3 Å². The minimum atomic E-state index is -0.249. The number of hydrogen-bond donors (Lipinski definition) is 1. The Hall–Kier alpha value is -2.24. The Morgan fingerprint density at radius 1 is 1.32 bits per heavy atom. The third kappa shape index (κ3) is 2.64. The number of likely N-dealkylation sites (tertiary alicyclic amines) is 1. The lowest BCUT2D eigenvalue weighted by atomic mass is 9.99. The molecule has 0 radical (unpaired) electrons. The molecule has 0 bridgehead atoms. The maximum atomic E-state index is 13.1. The van der Waals surface area contributed by atoms with E-state index in [0.29, 0.717) is 22.9 Å². The van der Waals surface area contributed by atoms with Crippen LogP contribution < -0.4 is 9.47 Å². The number of aliphatic hydroxyl groups is 1. The van der Waals surface area contributed by atoms with Gasteiger partial charge in [-0.15, -0.1) is 0 Å². The van der Waals surface area contributed by atoms with E-state index >= 15 is 0 Å². The Bertz CT molecular complexity index is 808. The van der Waals surface area contributed by atoms with Gasteiger partial charge < -0.3 is 19.5 Å². The maximum absolute atomic E-state index is 13.1. The van der Waals surface area contributed by atoms with E-state index in [1.54, 1.807) is 42.3 Å². The summed E-state index contributed by atoms with van der Waals surface area (Å²) in [6.45, 7) is 0.415. The molecule has 1 amide bonds. The summed E-state index contributed by atoms with van der Waals surface area (Å²) in [5.74, 6) is 1.21. The van der Waals surface area contributed by atoms with Crippen molar-refractivity contribution in [2.24, 2.45) is 5.92 Å². The van der Waals surface area contributed by atoms with Gasteiger partial charge in [-0.1, -0.05) is 11.6 Å². The molecular weight excluding hydrogens is 342 g/mol. The number of carbonyl (C=O) groups excluding carboxylic acids is 1. The largest absolute Gasteiger partial charge is 0.497 e. The molecule has 2 aromatic carbocycles. The number of fused-ring (bicyclic) bond motifs is 3. The molecule has 0 spiro atoms. The van der Waals surface area contributed by atoms with Gasteiger partial charge in [0.15, 0.2) is 0 Å². The monoisotopic (exact) mass is 359 g/mol. The molecular formula is C19H18ClNO4. The smallest absolute Gasteiger partial charge is 0.254 e. The van der Waals surface area contributed by atoms with E-state index in [-0.39, 0.29) is 30.6 Å². The molecule has 0 saturated carbocycles. The summed E-state index contributed by atoms with van der Waals surface area (Å²) in [7, 11) is 1.59. The molecule has 2 heterocycles. The van der Waals surface area contributed by atoms with E-state index < -0.39 is 0 Å². The number of nitrogens with zero attached hydrogens (tertiary/aromatic N) is 1. The quantitative estimate of drug-likeness (QED) is 0.915. The number of methoxy groups -OCH3 is 1. The summed E-state index contributed by atoms with van der Waals surface area (Å²) in [5, 5.41) is 10.3. The summed E-state index contributed by atoms with van der Waals surface area (Å²) in [6, 6.07) is 12.2. The van der Waals surface area contributed by atoms with Crippen LogP contribution in [0.4, 0.5) is 0 Å². The van der Waals surface area contributed by atoms with Crippen molar-refractivity contribution in [3.05, 3.63) is 58.6 Å². The molecule has 2 aliphatic heterocycles. The second-order valence-corrected chi connectivity index (χ2v) is 6.77. The van der Waals surface area contributed by atoms with Gasteiger partial charge in [0.25, 0.3) is 5.91 Å². The van der Waals surface area contributed by atoms with Crippen molar-refractivity contribution in [3.63, 3.8) is 0 Å². The molecule has 130 valence electrons. The lowest BCUT2D eigenvalue weighted by molar-refractivity contribution is 0.0705. The maximum Gasteiger partial charge on any atom is 0.254 e. The highest BCUT2D eigenvalue weighted by Gasteiger charge is 2.50. The number of amides is 1. The first-order chi connectivity index (χ1) is 12.1. The molecule has 25 heavy (non-hydrogen) atoms. The average Bonchev–Trinajstić information content (AvgIpc) is 3.18. The minimum absolute atomic E-state index is 0.0325. The summed E-state index contributed by atoms with van der Waals surface area (Å²) in [4.78, 5) is 14.8. The summed E-state index contributed by atoms with van der Waals surface area (Å²) < 4.78 is 11.2. The van der Waals surface area contributed by atoms with Crippen LogP contribution in [0.1, 0.15) is 22.0 Å². The van der Waals surface area contributed by atoms with Gasteiger partial charge in [0.1, 0.15) is 17.6 Å². The topological polar surface area (TPSA) is 59.0 Å². The van der Waals surface area contributed by atoms with Crippen LogP contribution in [-0.2, 0) is 0 Å². The number of halogens is 1. The van der Waals surface area contributed by atoms with Crippen LogP contribution in [0.25, 0.3) is 0 Å². The van der Waals surface area contributed by atoms with Crippen molar-refractivity contribution < 1.29 is 19.4 Å². The molecule has 0 aliphatic carbocycles. The lowest BCUT2D eigenvalue weighted by Crippen LogP contribution is -2.32. The van der Waals surface area contributed by atoms with Crippen LogP contribution in [0.3, 0.4) is 0 Å². The second kappa shape index (κ2) is 6.24. The van der Waals surface area contributed by atoms with Gasteiger partial charge in [-0.25, -0.2) is 0 Å². The second-order valence-electron chi connectivity index (χ2n) is 6.34. The van der Waals surface area contributed by atoms with Crippen molar-refractivity contribution >= 4 is 17.5 Å². The highest BCUT2D eigenvalue weighted by Crippen LogP contribution is 2.48. The highest BCUT2D eigenvalue weighted by atomic mass is 35.5. The summed E-state index contributed by atoms with van der Waals surface area (Å²) in [6.07, 6.45) is -0.249. The van der Waals surface area contributed by atoms with E-state index in [1.807, 2.05) is 12.1 Å². The normalized spacial score (nSPS) is 23.8. The fourth-order valence-electron chi connectivity index (χ4n) is 3.69. The first-order valence-electron chi connectivity index (χ1n) is 8.14. The van der Waals surface area contributed by atoms with Crippen LogP contribution in [0, 0.1) is 5.92 Å². The van der Waals surface area contributed by atoms with Gasteiger partial charge in [0.2, 0.25) is 0 Å². The molecule has 2 aliphatic rings. The molecule has 0 aromatic heterocycles. The molecule has 5 nitrogen and oxygen atoms in total. The van der Waals surface area contributed by atoms with E-state index in [9.17, 15) is 9.90 Å². The van der Waals surface area contributed by atoms with Gasteiger partial charge in [0, 0.05) is 28.6 Å². The Kier molecular flexibility index (Phi) is 4.06. The Morgan fingerprint density at radius 3 is 2.76 bits per heavy atom. The van der Waals surface area contributed by atoms with Gasteiger partial charge in [-0.05, 0) is 42.5 Å². The molecule has 0 unspecified atom stereocenters. The van der Waals surface area contributed by atoms with Crippen LogP contribution in [0.2, 0.25) is 5.02 Å². The molecule has 3 atom stereocenters. The highest BCUT2D eigenvalue weighted by molar-refractivity contribution is 6.30. The third-order valence-electron chi connectivity index (χ3n) is 4.93. The summed E-state index contributed by atoms with van der Waals surface area (Å²) >= 11 is 6.14. The predicted octanol–water partition coefficient (Wildman–Crippen LogP) is 2.92. The fraction of sp³-hybridized carbons (Fsp3) is 0.316. The minimum Gasteiger partial charge on any atom is -0.497 e. The first-order valence-corrected chi connectivity index (χ1v) is 8.52. The van der Waals surface area contributed by atoms with Gasteiger partial charge in [0.05, 0.1) is 19.8 Å². The zero-order chi connectivity index (χ0) is 17.6. The zero-order valence-electron chi connectivity index (χ0n) is 13.7. The van der Waals surface area contributed by atoms with Crippen molar-refractivity contribution in [2.45, 2.75) is 12.1 Å². The van der Waals surface area contributed by atoms with Gasteiger partial charge >= 0.3 is 0 Å². The van der Waals surface area contributed by atoms with Crippen LogP contribution in [0.5, 0.6) is 11.5 Å². The Labute approximate surface area is 150 Å². The average molecular weight is 360 g/mol. The fourth-order valence-corrected chi connectivity index (χ4v) is 3.87. The van der Waals surface area contributed by atoms with Crippen molar-refractivity contribution in [1.82, 2.24) is 4.90 Å². The molecule has 4 rings (SSSR count). The number of carbonyl (C=O) groups is 1. The number of ether oxygens (including phenoxy) is 2. The van der Waals surface area contributed by atoms with Crippen molar-refractivity contribution in [3.8, 4) is 11.5 Å². The lowest BCUT2D eigenvalue weighted by Gasteiger charge is -2.23. The Balaban J connectivity index is 1.69. The van der Waals surface area contributed by atoms with Crippen LogP contribution >= 0.6 is 11.6 Å². The molecule has 2 aromatic rings. The predicted molar refractivity (Wildman–Crippen MR) is 93.2 cm³/mol. The summed E-state index contributed by atoms with van der Waals surface area (Å²) in [5.41, 5.74) is 1.48. The molecule has 1 saturated heterocycles. The Morgan fingerprint density at radius 2 is 2.08 bits per heavy atom. The first kappa shape index (κ1) is 16.2. The number of aliphatic hydroxyl groups excluding tert-OH is 1. The van der Waals surface area contributed by atoms with E-state index in [2.05, 4.69) is 0 Å². The van der Waals surface area contributed by atoms with Gasteiger partial charge in [-0.2, -0.15) is 0 Å². The van der Waals surface area contributed by atoms with E-state index in [4.69, 9.17) is 21.1 Å². The van der Waals surface area contributed by atoms with Gasteiger partial charge in [-0.3, -0.25) is 4.79 Å². The van der Waals surface area contributed by atoms with E-state index in [0.717, 1.165) is 11.3 Å². The molecule has 1 N–H and O–H groups in total. The number of benzene rings is 2. The van der Waals surface area contributed by atoms with Crippen LogP contribution in [0.15, 0.2) is 42.5 Å². The number of hydrogen-bond acceptors (Lipinski definition) is 4. The molecule has 1 fully saturated rings. The standard InChI is InChI=1S/C19H18ClNO4/c1-24-14-5-2-11(3-6-14)19(23)21-9-12(10-22)18-17(21)15-8-13(20)4-7-16(15)25-18/h2-8,12,17-18,22H,9-10H2,1H3/t12-,17-,18-/m0/s1. The van der Waals surface area contributed by atoms with Crippen molar-refractivity contribution in [1.29, 1.82) is 0 Å². The van der Waals surface area contributed by atoms with E-state index in [1.165, 1.54) is 0 Å². The number of rotatable bonds is 3. The molecule has 6 heteroatoms. The van der Waals surface area contributed by atoms with Crippen LogP contribution in [-0.4, -0.2) is 42.3 Å². The third-order valence-corrected chi connectivity index (χ3v) is 5.16. The SMILES string of the molecule is COc1ccc(C(=O)N2C[C@@H](CO)[C@@H]3Oc4ccc(Cl)cc4[C@@H]32)cc1.